The van der Waals surface area contributed by atoms with Crippen LogP contribution in [-0.4, -0.2) is 26.8 Å². The Morgan fingerprint density at radius 1 is 0.925 bits per heavy atom. The minimum absolute atomic E-state index is 0.0585. The highest BCUT2D eigenvalue weighted by atomic mass is 32.1. The number of hydrogen-bond donors (Lipinski definition) is 1. The van der Waals surface area contributed by atoms with Crippen LogP contribution in [0.25, 0.3) is 38.4 Å². The molecular weight excluding hydrogens is 528 g/mol. The topological polar surface area (TPSA) is 128 Å². The molecule has 0 saturated carbocycles. The molecule has 40 heavy (non-hydrogen) atoms. The van der Waals surface area contributed by atoms with Crippen molar-refractivity contribution in [2.75, 3.05) is 7.11 Å². The summed E-state index contributed by atoms with van der Waals surface area (Å²) in [4.78, 5) is 29.0. The molecule has 6 rings (SSSR count). The Morgan fingerprint density at radius 2 is 1.65 bits per heavy atom. The first-order valence-corrected chi connectivity index (χ1v) is 13.0. The van der Waals surface area contributed by atoms with E-state index >= 15 is 0 Å². The van der Waals surface area contributed by atoms with Crippen molar-refractivity contribution in [3.05, 3.63) is 117 Å². The number of nitro groups is 1. The molecule has 0 atom stereocenters. The van der Waals surface area contributed by atoms with Gasteiger partial charge >= 0.3 is 5.56 Å². The van der Waals surface area contributed by atoms with Gasteiger partial charge in [0.15, 0.2) is 5.69 Å². The van der Waals surface area contributed by atoms with Crippen molar-refractivity contribution in [1.29, 1.82) is 0 Å². The Hall–Kier alpha value is -5.42. The van der Waals surface area contributed by atoms with Gasteiger partial charge < -0.3 is 4.74 Å². The lowest BCUT2D eigenvalue weighted by atomic mass is 10.1. The van der Waals surface area contributed by atoms with Gasteiger partial charge in [-0.3, -0.25) is 20.0 Å². The van der Waals surface area contributed by atoms with Crippen LogP contribution in [0.3, 0.4) is 0 Å². The van der Waals surface area contributed by atoms with E-state index in [0.717, 1.165) is 22.1 Å². The molecule has 0 aliphatic heterocycles. The standard InChI is InChI=1S/C29H20N6O4S/c1-39-24-14-9-19(10-15-24)25-17-40-29(30-25)34-28(36)27(26(33-34)20-7-12-23(13-8-20)35(37)38)32-31-22-11-6-18-4-2-3-5-21(18)16-22/h2-17,33H,1H3. The molecule has 0 bridgehead atoms. The fourth-order valence-corrected chi connectivity index (χ4v) is 5.01. The molecule has 0 unspecified atom stereocenters. The number of nitrogens with one attached hydrogen (secondary N) is 1. The van der Waals surface area contributed by atoms with Gasteiger partial charge in [0.2, 0.25) is 5.13 Å². The zero-order valence-electron chi connectivity index (χ0n) is 21.0. The minimum atomic E-state index is -0.478. The average molecular weight is 549 g/mol. The molecule has 0 radical (unpaired) electrons. The number of nitrogens with zero attached hydrogens (tertiary/aromatic N) is 5. The molecule has 0 amide bonds. The fourth-order valence-electron chi connectivity index (χ4n) is 4.21. The molecule has 11 heteroatoms. The highest BCUT2D eigenvalue weighted by molar-refractivity contribution is 7.12. The summed E-state index contributed by atoms with van der Waals surface area (Å²) in [7, 11) is 1.60. The summed E-state index contributed by atoms with van der Waals surface area (Å²) in [6.45, 7) is 0. The third-order valence-electron chi connectivity index (χ3n) is 6.30. The molecule has 0 aliphatic rings. The summed E-state index contributed by atoms with van der Waals surface area (Å²) in [5, 5.41) is 27.3. The molecule has 1 N–H and O–H groups in total. The minimum Gasteiger partial charge on any atom is -0.497 e. The molecule has 2 heterocycles. The maximum Gasteiger partial charge on any atom is 0.301 e. The van der Waals surface area contributed by atoms with Crippen LogP contribution in [0.1, 0.15) is 0 Å². The predicted octanol–water partition coefficient (Wildman–Crippen LogP) is 7.44. The van der Waals surface area contributed by atoms with E-state index in [-0.39, 0.29) is 11.4 Å². The van der Waals surface area contributed by atoms with E-state index in [1.807, 2.05) is 72.1 Å². The summed E-state index contributed by atoms with van der Waals surface area (Å²) in [5.74, 6) is 0.731. The van der Waals surface area contributed by atoms with Crippen molar-refractivity contribution < 1.29 is 9.66 Å². The van der Waals surface area contributed by atoms with E-state index in [9.17, 15) is 14.9 Å². The Labute approximate surface area is 231 Å². The van der Waals surface area contributed by atoms with E-state index in [4.69, 9.17) is 4.74 Å². The number of fused-ring (bicyclic) bond motifs is 1. The Bertz CT molecular complexity index is 1940. The van der Waals surface area contributed by atoms with E-state index in [2.05, 4.69) is 20.3 Å². The third kappa shape index (κ3) is 4.76. The van der Waals surface area contributed by atoms with Crippen LogP contribution in [0, 0.1) is 10.1 Å². The normalized spacial score (nSPS) is 11.3. The monoisotopic (exact) mass is 548 g/mol. The quantitative estimate of drug-likeness (QED) is 0.126. The van der Waals surface area contributed by atoms with Gasteiger partial charge in [0.25, 0.3) is 5.69 Å². The maximum atomic E-state index is 13.6. The number of benzene rings is 4. The van der Waals surface area contributed by atoms with Gasteiger partial charge in [-0.2, -0.15) is 9.80 Å². The van der Waals surface area contributed by atoms with Gasteiger partial charge in [-0.15, -0.1) is 16.5 Å². The van der Waals surface area contributed by atoms with E-state index in [1.165, 1.54) is 28.2 Å². The van der Waals surface area contributed by atoms with Gasteiger partial charge in [0.1, 0.15) is 5.75 Å². The predicted molar refractivity (Wildman–Crippen MR) is 154 cm³/mol. The van der Waals surface area contributed by atoms with E-state index in [1.54, 1.807) is 19.2 Å². The van der Waals surface area contributed by atoms with Crippen LogP contribution in [0.5, 0.6) is 5.75 Å². The van der Waals surface area contributed by atoms with Crippen molar-refractivity contribution in [3.63, 3.8) is 0 Å². The summed E-state index contributed by atoms with van der Waals surface area (Å²) in [5.41, 5.74) is 2.60. The average Bonchev–Trinajstić information content (AvgIpc) is 3.61. The number of aromatic nitrogens is 3. The van der Waals surface area contributed by atoms with Crippen molar-refractivity contribution in [3.8, 4) is 33.4 Å². The van der Waals surface area contributed by atoms with Gasteiger partial charge in [-0.25, -0.2) is 4.98 Å². The lowest BCUT2D eigenvalue weighted by Crippen LogP contribution is -2.13. The third-order valence-corrected chi connectivity index (χ3v) is 7.13. The molecular formula is C29H20N6O4S. The van der Waals surface area contributed by atoms with Crippen LogP contribution >= 0.6 is 11.3 Å². The molecule has 0 aliphatic carbocycles. The lowest BCUT2D eigenvalue weighted by Gasteiger charge is -2.01. The summed E-state index contributed by atoms with van der Waals surface area (Å²) in [6, 6.07) is 26.9. The van der Waals surface area contributed by atoms with Crippen LogP contribution < -0.4 is 10.3 Å². The number of methoxy groups -OCH3 is 1. The number of thiazole rings is 1. The van der Waals surface area contributed by atoms with Gasteiger partial charge in [-0.1, -0.05) is 30.3 Å². The molecule has 0 fully saturated rings. The second-order valence-electron chi connectivity index (χ2n) is 8.76. The van der Waals surface area contributed by atoms with Crippen molar-refractivity contribution in [2.45, 2.75) is 0 Å². The number of ether oxygens (including phenoxy) is 1. The SMILES string of the molecule is COc1ccc(-c2csc(-n3[nH]c(-c4ccc([N+](=O)[O-])cc4)c(N=Nc4ccc5ccccc5c4)c3=O)n2)cc1. The number of non-ortho nitro benzene ring substituents is 1. The van der Waals surface area contributed by atoms with E-state index in [0.29, 0.717) is 27.8 Å². The summed E-state index contributed by atoms with van der Waals surface area (Å²) in [6.07, 6.45) is 0. The number of H-pyrrole nitrogens is 1. The van der Waals surface area contributed by atoms with Crippen molar-refractivity contribution >= 4 is 39.2 Å². The number of hydrogen-bond acceptors (Lipinski definition) is 8. The second-order valence-corrected chi connectivity index (χ2v) is 9.59. The zero-order chi connectivity index (χ0) is 27.6. The molecule has 4 aromatic carbocycles. The molecule has 10 nitrogen and oxygen atoms in total. The van der Waals surface area contributed by atoms with Crippen LogP contribution in [0.15, 0.2) is 111 Å². The van der Waals surface area contributed by atoms with Gasteiger partial charge in [0.05, 0.1) is 29.1 Å². The smallest absolute Gasteiger partial charge is 0.301 e. The summed E-state index contributed by atoms with van der Waals surface area (Å²) < 4.78 is 6.53. The first-order valence-electron chi connectivity index (χ1n) is 12.1. The Kier molecular flexibility index (Phi) is 6.46. The number of azo groups is 1. The number of rotatable bonds is 7. The van der Waals surface area contributed by atoms with Crippen molar-refractivity contribution in [2.24, 2.45) is 10.2 Å². The highest BCUT2D eigenvalue weighted by Crippen LogP contribution is 2.32. The van der Waals surface area contributed by atoms with Crippen LogP contribution in [-0.2, 0) is 0 Å². The largest absolute Gasteiger partial charge is 0.497 e. The molecule has 6 aromatic rings. The highest BCUT2D eigenvalue weighted by Gasteiger charge is 2.20. The molecule has 2 aromatic heterocycles. The van der Waals surface area contributed by atoms with Crippen LogP contribution in [0.4, 0.5) is 17.1 Å². The fraction of sp³-hybridized carbons (Fsp3) is 0.0345. The van der Waals surface area contributed by atoms with Crippen molar-refractivity contribution in [1.82, 2.24) is 14.8 Å². The molecule has 196 valence electrons. The second kappa shape index (κ2) is 10.4. The zero-order valence-corrected chi connectivity index (χ0v) is 21.8. The summed E-state index contributed by atoms with van der Waals surface area (Å²) >= 11 is 1.29. The molecule has 0 saturated heterocycles. The molecule has 0 spiro atoms. The first-order chi connectivity index (χ1) is 19.5. The van der Waals surface area contributed by atoms with E-state index < -0.39 is 10.5 Å². The maximum absolute atomic E-state index is 13.6. The lowest BCUT2D eigenvalue weighted by molar-refractivity contribution is -0.384. The number of nitro benzene ring substituents is 1. The number of aromatic amines is 1. The Morgan fingerprint density at radius 3 is 2.38 bits per heavy atom. The van der Waals surface area contributed by atoms with Gasteiger partial charge in [0, 0.05) is 28.6 Å². The Balaban J connectivity index is 1.42. The van der Waals surface area contributed by atoms with Gasteiger partial charge in [-0.05, 0) is 59.3 Å². The first kappa shape index (κ1) is 24.9. The van der Waals surface area contributed by atoms with Crippen LogP contribution in [0.2, 0.25) is 0 Å².